The van der Waals surface area contributed by atoms with Crippen molar-refractivity contribution in [2.75, 3.05) is 19.8 Å². The fraction of sp³-hybridized carbons (Fsp3) is 0.562. The van der Waals surface area contributed by atoms with Gasteiger partial charge in [-0.2, -0.15) is 0 Å². The van der Waals surface area contributed by atoms with Crippen LogP contribution in [-0.2, 0) is 4.79 Å². The first-order valence-electron chi connectivity index (χ1n) is 6.92. The molecule has 1 amide bonds. The third kappa shape index (κ3) is 5.61. The molecule has 0 saturated carbocycles. The van der Waals surface area contributed by atoms with E-state index in [1.54, 1.807) is 0 Å². The number of aliphatic hydroxyl groups excluding tert-OH is 1. The largest absolute Gasteiger partial charge is 0.484 e. The second-order valence-corrected chi connectivity index (χ2v) is 5.97. The molecule has 0 heterocycles. The highest BCUT2D eigenvalue weighted by Gasteiger charge is 2.18. The molecule has 0 spiro atoms. The van der Waals surface area contributed by atoms with Crippen LogP contribution in [-0.4, -0.2) is 30.8 Å². The normalized spacial score (nSPS) is 11.2. The Kier molecular flexibility index (Phi) is 6.02. The van der Waals surface area contributed by atoms with Crippen molar-refractivity contribution in [2.24, 2.45) is 5.41 Å². The highest BCUT2D eigenvalue weighted by molar-refractivity contribution is 5.77. The van der Waals surface area contributed by atoms with Crippen molar-refractivity contribution in [3.8, 4) is 5.75 Å². The predicted molar refractivity (Wildman–Crippen MR) is 79.9 cm³/mol. The van der Waals surface area contributed by atoms with Crippen LogP contribution >= 0.6 is 0 Å². The molecule has 1 aromatic carbocycles. The van der Waals surface area contributed by atoms with Gasteiger partial charge in [0, 0.05) is 13.2 Å². The van der Waals surface area contributed by atoms with Crippen LogP contribution in [0.15, 0.2) is 18.2 Å². The van der Waals surface area contributed by atoms with Crippen molar-refractivity contribution in [2.45, 2.75) is 34.1 Å². The van der Waals surface area contributed by atoms with E-state index in [0.717, 1.165) is 11.3 Å². The first-order chi connectivity index (χ1) is 9.34. The van der Waals surface area contributed by atoms with E-state index in [1.807, 2.05) is 45.9 Å². The third-order valence-electron chi connectivity index (χ3n) is 3.24. The molecule has 4 nitrogen and oxygen atoms in total. The molecule has 0 atom stereocenters. The van der Waals surface area contributed by atoms with Crippen molar-refractivity contribution in [3.63, 3.8) is 0 Å². The molecule has 0 unspecified atom stereocenters. The maximum absolute atomic E-state index is 11.7. The van der Waals surface area contributed by atoms with Gasteiger partial charge in [-0.3, -0.25) is 4.79 Å². The first-order valence-corrected chi connectivity index (χ1v) is 6.92. The van der Waals surface area contributed by atoms with Gasteiger partial charge in [0.1, 0.15) is 5.75 Å². The van der Waals surface area contributed by atoms with E-state index in [4.69, 9.17) is 9.84 Å². The van der Waals surface area contributed by atoms with Crippen LogP contribution in [0.1, 0.15) is 31.4 Å². The maximum Gasteiger partial charge on any atom is 0.257 e. The molecule has 0 aliphatic rings. The summed E-state index contributed by atoms with van der Waals surface area (Å²) in [6, 6.07) is 5.87. The van der Waals surface area contributed by atoms with Gasteiger partial charge in [0.25, 0.3) is 5.91 Å². The molecule has 1 aromatic rings. The maximum atomic E-state index is 11.7. The molecular formula is C16H25NO3. The van der Waals surface area contributed by atoms with E-state index in [9.17, 15) is 4.79 Å². The molecule has 0 aliphatic carbocycles. The Hall–Kier alpha value is -1.55. The Morgan fingerprint density at radius 1 is 1.35 bits per heavy atom. The zero-order valence-corrected chi connectivity index (χ0v) is 12.8. The van der Waals surface area contributed by atoms with Crippen molar-refractivity contribution >= 4 is 5.91 Å². The first kappa shape index (κ1) is 16.5. The average Bonchev–Trinajstić information content (AvgIpc) is 2.35. The minimum absolute atomic E-state index is 0.0130. The van der Waals surface area contributed by atoms with E-state index in [2.05, 4.69) is 5.32 Å². The lowest BCUT2D eigenvalue weighted by Crippen LogP contribution is -2.37. The summed E-state index contributed by atoms with van der Waals surface area (Å²) in [6.45, 7) is 8.67. The van der Waals surface area contributed by atoms with Crippen LogP contribution in [0.25, 0.3) is 0 Å². The number of amides is 1. The summed E-state index contributed by atoms with van der Waals surface area (Å²) in [7, 11) is 0. The van der Waals surface area contributed by atoms with Crippen molar-refractivity contribution in [3.05, 3.63) is 29.3 Å². The number of carbonyl (C=O) groups excluding carboxylic acids is 1. The van der Waals surface area contributed by atoms with Gasteiger partial charge in [0.15, 0.2) is 6.61 Å². The standard InChI is InChI=1S/C16H25NO3/c1-12-5-6-14(13(2)9-12)20-10-15(19)17-11-16(3,4)7-8-18/h5-6,9,18H,7-8,10-11H2,1-4H3,(H,17,19). The molecule has 0 bridgehead atoms. The number of benzene rings is 1. The molecule has 0 aromatic heterocycles. The SMILES string of the molecule is Cc1ccc(OCC(=O)NCC(C)(C)CCO)c(C)c1. The number of rotatable bonds is 7. The summed E-state index contributed by atoms with van der Waals surface area (Å²) < 4.78 is 5.52. The Morgan fingerprint density at radius 2 is 2.05 bits per heavy atom. The number of hydrogen-bond donors (Lipinski definition) is 2. The smallest absolute Gasteiger partial charge is 0.257 e. The average molecular weight is 279 g/mol. The molecule has 2 N–H and O–H groups in total. The van der Waals surface area contributed by atoms with E-state index >= 15 is 0 Å². The number of hydrogen-bond acceptors (Lipinski definition) is 3. The fourth-order valence-corrected chi connectivity index (χ4v) is 1.88. The molecule has 0 saturated heterocycles. The number of carbonyl (C=O) groups is 1. The molecule has 1 rings (SSSR count). The minimum atomic E-state index is -0.143. The lowest BCUT2D eigenvalue weighted by Gasteiger charge is -2.23. The van der Waals surface area contributed by atoms with Crippen molar-refractivity contribution in [1.82, 2.24) is 5.32 Å². The fourth-order valence-electron chi connectivity index (χ4n) is 1.88. The van der Waals surface area contributed by atoms with E-state index in [1.165, 1.54) is 5.56 Å². The zero-order chi connectivity index (χ0) is 15.2. The van der Waals surface area contributed by atoms with Crippen LogP contribution in [0.4, 0.5) is 0 Å². The second-order valence-electron chi connectivity index (χ2n) is 5.97. The van der Waals surface area contributed by atoms with Gasteiger partial charge in [0.05, 0.1) is 0 Å². The van der Waals surface area contributed by atoms with E-state index in [-0.39, 0.29) is 24.5 Å². The van der Waals surface area contributed by atoms with Gasteiger partial charge in [-0.05, 0) is 37.3 Å². The molecular weight excluding hydrogens is 254 g/mol. The van der Waals surface area contributed by atoms with Crippen LogP contribution in [0, 0.1) is 19.3 Å². The summed E-state index contributed by atoms with van der Waals surface area (Å²) in [5.41, 5.74) is 2.09. The highest BCUT2D eigenvalue weighted by atomic mass is 16.5. The Labute approximate surface area is 121 Å². The van der Waals surface area contributed by atoms with Crippen LogP contribution in [0.5, 0.6) is 5.75 Å². The topological polar surface area (TPSA) is 58.6 Å². The molecule has 4 heteroatoms. The summed E-state index contributed by atoms with van der Waals surface area (Å²) in [5, 5.41) is 11.8. The Balaban J connectivity index is 2.40. The molecule has 0 radical (unpaired) electrons. The lowest BCUT2D eigenvalue weighted by atomic mass is 9.90. The highest BCUT2D eigenvalue weighted by Crippen LogP contribution is 2.19. The summed E-state index contributed by atoms with van der Waals surface area (Å²) in [4.78, 5) is 11.7. The van der Waals surface area contributed by atoms with E-state index < -0.39 is 0 Å². The quantitative estimate of drug-likeness (QED) is 0.804. The summed E-state index contributed by atoms with van der Waals surface area (Å²) in [5.74, 6) is 0.594. The molecule has 0 aliphatic heterocycles. The predicted octanol–water partition coefficient (Wildman–Crippen LogP) is 2.21. The lowest BCUT2D eigenvalue weighted by molar-refractivity contribution is -0.123. The molecule has 20 heavy (non-hydrogen) atoms. The summed E-state index contributed by atoms with van der Waals surface area (Å²) in [6.07, 6.45) is 0.658. The molecule has 0 fully saturated rings. The van der Waals surface area contributed by atoms with Gasteiger partial charge < -0.3 is 15.2 Å². The summed E-state index contributed by atoms with van der Waals surface area (Å²) >= 11 is 0. The van der Waals surface area contributed by atoms with Gasteiger partial charge in [-0.1, -0.05) is 31.5 Å². The van der Waals surface area contributed by atoms with Gasteiger partial charge in [-0.15, -0.1) is 0 Å². The zero-order valence-electron chi connectivity index (χ0n) is 12.8. The number of aliphatic hydroxyl groups is 1. The van der Waals surface area contributed by atoms with E-state index in [0.29, 0.717) is 13.0 Å². The van der Waals surface area contributed by atoms with Crippen molar-refractivity contribution in [1.29, 1.82) is 0 Å². The van der Waals surface area contributed by atoms with Crippen LogP contribution < -0.4 is 10.1 Å². The second kappa shape index (κ2) is 7.29. The van der Waals surface area contributed by atoms with Gasteiger partial charge in [-0.25, -0.2) is 0 Å². The number of nitrogens with one attached hydrogen (secondary N) is 1. The van der Waals surface area contributed by atoms with Crippen molar-refractivity contribution < 1.29 is 14.6 Å². The van der Waals surface area contributed by atoms with Crippen LogP contribution in [0.2, 0.25) is 0 Å². The van der Waals surface area contributed by atoms with Crippen LogP contribution in [0.3, 0.4) is 0 Å². The monoisotopic (exact) mass is 279 g/mol. The number of ether oxygens (including phenoxy) is 1. The Bertz CT molecular complexity index is 455. The van der Waals surface area contributed by atoms with Gasteiger partial charge >= 0.3 is 0 Å². The van der Waals surface area contributed by atoms with Gasteiger partial charge in [0.2, 0.25) is 0 Å². The third-order valence-corrected chi connectivity index (χ3v) is 3.24. The molecule has 112 valence electrons. The minimum Gasteiger partial charge on any atom is -0.484 e. The number of aryl methyl sites for hydroxylation is 2. The Morgan fingerprint density at radius 3 is 2.65 bits per heavy atom.